The summed E-state index contributed by atoms with van der Waals surface area (Å²) in [7, 11) is 0. The summed E-state index contributed by atoms with van der Waals surface area (Å²) in [4.78, 5) is 10.8. The van der Waals surface area contributed by atoms with Gasteiger partial charge in [0.15, 0.2) is 5.78 Å². The molecular formula is C11H22O2. The van der Waals surface area contributed by atoms with Crippen LogP contribution in [0.25, 0.3) is 0 Å². The average molecular weight is 186 g/mol. The molecule has 0 aliphatic rings. The molecule has 3 atom stereocenters. The van der Waals surface area contributed by atoms with Crippen molar-refractivity contribution in [2.45, 2.75) is 53.1 Å². The second-order valence-corrected chi connectivity index (χ2v) is 4.11. The monoisotopic (exact) mass is 186 g/mol. The SMILES string of the molecule is CCCC(C)C(C)CC(O)C(C)=O. The van der Waals surface area contributed by atoms with Crippen molar-refractivity contribution in [3.05, 3.63) is 0 Å². The Morgan fingerprint density at radius 3 is 2.23 bits per heavy atom. The molecule has 0 spiro atoms. The molecule has 0 saturated heterocycles. The maximum absolute atomic E-state index is 10.8. The zero-order valence-corrected chi connectivity index (χ0v) is 9.21. The van der Waals surface area contributed by atoms with Gasteiger partial charge in [-0.3, -0.25) is 4.79 Å². The second kappa shape index (κ2) is 6.14. The van der Waals surface area contributed by atoms with Crippen LogP contribution in [0.5, 0.6) is 0 Å². The van der Waals surface area contributed by atoms with Crippen molar-refractivity contribution < 1.29 is 9.90 Å². The van der Waals surface area contributed by atoms with E-state index >= 15 is 0 Å². The quantitative estimate of drug-likeness (QED) is 0.691. The van der Waals surface area contributed by atoms with Crippen LogP contribution >= 0.6 is 0 Å². The summed E-state index contributed by atoms with van der Waals surface area (Å²) >= 11 is 0. The Morgan fingerprint density at radius 1 is 1.31 bits per heavy atom. The molecule has 3 unspecified atom stereocenters. The minimum atomic E-state index is -0.755. The summed E-state index contributed by atoms with van der Waals surface area (Å²) < 4.78 is 0. The number of aliphatic hydroxyl groups excluding tert-OH is 1. The van der Waals surface area contributed by atoms with Gasteiger partial charge in [0, 0.05) is 0 Å². The molecule has 0 amide bonds. The van der Waals surface area contributed by atoms with Crippen molar-refractivity contribution >= 4 is 5.78 Å². The van der Waals surface area contributed by atoms with Gasteiger partial charge in [-0.15, -0.1) is 0 Å². The zero-order valence-electron chi connectivity index (χ0n) is 9.21. The number of hydrogen-bond donors (Lipinski definition) is 1. The number of aliphatic hydroxyl groups is 1. The van der Waals surface area contributed by atoms with E-state index in [2.05, 4.69) is 20.8 Å². The first-order valence-electron chi connectivity index (χ1n) is 5.17. The maximum Gasteiger partial charge on any atom is 0.158 e. The zero-order chi connectivity index (χ0) is 10.4. The maximum atomic E-state index is 10.8. The third-order valence-electron chi connectivity index (χ3n) is 2.78. The molecule has 0 saturated carbocycles. The standard InChI is InChI=1S/C11H22O2/c1-5-6-8(2)9(3)7-11(13)10(4)12/h8-9,11,13H,5-7H2,1-4H3. The molecule has 78 valence electrons. The molecule has 0 aliphatic carbocycles. The highest BCUT2D eigenvalue weighted by Gasteiger charge is 2.18. The van der Waals surface area contributed by atoms with E-state index in [1.165, 1.54) is 19.8 Å². The van der Waals surface area contributed by atoms with E-state index in [0.29, 0.717) is 18.3 Å². The van der Waals surface area contributed by atoms with Crippen molar-refractivity contribution in [1.29, 1.82) is 0 Å². The number of ketones is 1. The van der Waals surface area contributed by atoms with Crippen LogP contribution in [0.15, 0.2) is 0 Å². The van der Waals surface area contributed by atoms with Crippen LogP contribution in [0, 0.1) is 11.8 Å². The fraction of sp³-hybridized carbons (Fsp3) is 0.909. The van der Waals surface area contributed by atoms with Crippen LogP contribution in [0.4, 0.5) is 0 Å². The first-order chi connectivity index (χ1) is 5.99. The van der Waals surface area contributed by atoms with E-state index in [9.17, 15) is 9.90 Å². The Morgan fingerprint density at radius 2 is 1.85 bits per heavy atom. The fourth-order valence-electron chi connectivity index (χ4n) is 1.49. The first kappa shape index (κ1) is 12.6. The van der Waals surface area contributed by atoms with E-state index in [1.54, 1.807) is 0 Å². The van der Waals surface area contributed by atoms with Gasteiger partial charge in [-0.1, -0.05) is 33.6 Å². The lowest BCUT2D eigenvalue weighted by atomic mass is 9.87. The van der Waals surface area contributed by atoms with Gasteiger partial charge in [0.25, 0.3) is 0 Å². The van der Waals surface area contributed by atoms with Crippen LogP contribution in [0.3, 0.4) is 0 Å². The number of carbonyl (C=O) groups is 1. The summed E-state index contributed by atoms with van der Waals surface area (Å²) in [6, 6.07) is 0. The van der Waals surface area contributed by atoms with Gasteiger partial charge < -0.3 is 5.11 Å². The van der Waals surface area contributed by atoms with Crippen LogP contribution in [0.2, 0.25) is 0 Å². The molecule has 0 rings (SSSR count). The predicted octanol–water partition coefficient (Wildman–Crippen LogP) is 2.40. The average Bonchev–Trinajstić information content (AvgIpc) is 2.04. The van der Waals surface area contributed by atoms with Crippen molar-refractivity contribution in [3.63, 3.8) is 0 Å². The topological polar surface area (TPSA) is 37.3 Å². The molecule has 0 fully saturated rings. The van der Waals surface area contributed by atoms with Crippen molar-refractivity contribution in [2.24, 2.45) is 11.8 Å². The molecule has 0 aliphatic heterocycles. The Hall–Kier alpha value is -0.370. The minimum Gasteiger partial charge on any atom is -0.385 e. The number of Topliss-reactive ketones (excluding diaryl/α,β-unsaturated/α-hetero) is 1. The molecule has 13 heavy (non-hydrogen) atoms. The molecule has 0 heterocycles. The Kier molecular flexibility index (Phi) is 5.97. The Bertz CT molecular complexity index is 154. The fourth-order valence-corrected chi connectivity index (χ4v) is 1.49. The lowest BCUT2D eigenvalue weighted by Crippen LogP contribution is -2.22. The minimum absolute atomic E-state index is 0.115. The molecule has 0 aromatic carbocycles. The smallest absolute Gasteiger partial charge is 0.158 e. The van der Waals surface area contributed by atoms with Gasteiger partial charge in [0.05, 0.1) is 0 Å². The van der Waals surface area contributed by atoms with Gasteiger partial charge >= 0.3 is 0 Å². The number of rotatable bonds is 6. The molecule has 0 bridgehead atoms. The first-order valence-corrected chi connectivity index (χ1v) is 5.17. The Balaban J connectivity index is 3.84. The molecule has 0 aromatic heterocycles. The van der Waals surface area contributed by atoms with Crippen LogP contribution < -0.4 is 0 Å². The summed E-state index contributed by atoms with van der Waals surface area (Å²) in [6.45, 7) is 7.89. The number of carbonyl (C=O) groups excluding carboxylic acids is 1. The van der Waals surface area contributed by atoms with Gasteiger partial charge in [-0.25, -0.2) is 0 Å². The van der Waals surface area contributed by atoms with Crippen molar-refractivity contribution in [2.75, 3.05) is 0 Å². The highest BCUT2D eigenvalue weighted by atomic mass is 16.3. The van der Waals surface area contributed by atoms with Crippen molar-refractivity contribution in [1.82, 2.24) is 0 Å². The van der Waals surface area contributed by atoms with Crippen LogP contribution in [-0.2, 0) is 4.79 Å². The normalized spacial score (nSPS) is 17.9. The second-order valence-electron chi connectivity index (χ2n) is 4.11. The van der Waals surface area contributed by atoms with Crippen LogP contribution in [-0.4, -0.2) is 17.0 Å². The van der Waals surface area contributed by atoms with Gasteiger partial charge in [0.2, 0.25) is 0 Å². The molecule has 0 radical (unpaired) electrons. The van der Waals surface area contributed by atoms with E-state index in [4.69, 9.17) is 0 Å². The summed E-state index contributed by atoms with van der Waals surface area (Å²) in [5.41, 5.74) is 0. The summed E-state index contributed by atoms with van der Waals surface area (Å²) in [5.74, 6) is 0.911. The molecule has 0 aromatic rings. The third-order valence-corrected chi connectivity index (χ3v) is 2.78. The number of hydrogen-bond acceptors (Lipinski definition) is 2. The van der Waals surface area contributed by atoms with Gasteiger partial charge in [-0.2, -0.15) is 0 Å². The molecule has 2 nitrogen and oxygen atoms in total. The highest BCUT2D eigenvalue weighted by molar-refractivity contribution is 5.80. The largest absolute Gasteiger partial charge is 0.385 e. The third kappa shape index (κ3) is 5.04. The lowest BCUT2D eigenvalue weighted by molar-refractivity contribution is -0.125. The van der Waals surface area contributed by atoms with E-state index in [-0.39, 0.29) is 5.78 Å². The molecule has 2 heteroatoms. The summed E-state index contributed by atoms with van der Waals surface area (Å²) in [6.07, 6.45) is 2.19. The molecule has 1 N–H and O–H groups in total. The van der Waals surface area contributed by atoms with E-state index in [0.717, 1.165) is 0 Å². The molecular weight excluding hydrogens is 164 g/mol. The van der Waals surface area contributed by atoms with E-state index in [1.807, 2.05) is 0 Å². The van der Waals surface area contributed by atoms with Crippen LogP contribution in [0.1, 0.15) is 47.0 Å². The highest BCUT2D eigenvalue weighted by Crippen LogP contribution is 2.21. The lowest BCUT2D eigenvalue weighted by Gasteiger charge is -2.20. The van der Waals surface area contributed by atoms with E-state index < -0.39 is 6.10 Å². The summed E-state index contributed by atoms with van der Waals surface area (Å²) in [5, 5.41) is 9.36. The predicted molar refractivity (Wildman–Crippen MR) is 54.5 cm³/mol. The Labute approximate surface area is 81.3 Å². The van der Waals surface area contributed by atoms with Gasteiger partial charge in [-0.05, 0) is 25.2 Å². The van der Waals surface area contributed by atoms with Crippen molar-refractivity contribution in [3.8, 4) is 0 Å². The van der Waals surface area contributed by atoms with Gasteiger partial charge in [0.1, 0.15) is 6.10 Å².